The Kier molecular flexibility index (Phi) is 6.66. The maximum absolute atomic E-state index is 5.59. The van der Waals surface area contributed by atoms with E-state index >= 15 is 0 Å². The van der Waals surface area contributed by atoms with Gasteiger partial charge in [0.1, 0.15) is 11.6 Å². The number of benzene rings is 2. The molecular formula is C23H25N5O2S. The van der Waals surface area contributed by atoms with Gasteiger partial charge in [0.25, 0.3) is 0 Å². The van der Waals surface area contributed by atoms with Crippen LogP contribution in [0.3, 0.4) is 0 Å². The molecule has 0 radical (unpaired) electrons. The molecule has 0 spiro atoms. The summed E-state index contributed by atoms with van der Waals surface area (Å²) in [6, 6.07) is 18.2. The van der Waals surface area contributed by atoms with Crippen molar-refractivity contribution in [3.8, 4) is 11.4 Å². The smallest absolute Gasteiger partial charge is 0.237 e. The highest BCUT2D eigenvalue weighted by molar-refractivity contribution is 7.98. The Bertz CT molecular complexity index is 1110. The molecule has 0 aliphatic heterocycles. The van der Waals surface area contributed by atoms with Crippen LogP contribution in [0.5, 0.6) is 5.75 Å². The summed E-state index contributed by atoms with van der Waals surface area (Å²) in [6.45, 7) is 6.69. The van der Waals surface area contributed by atoms with Crippen molar-refractivity contribution in [1.29, 1.82) is 0 Å². The quantitative estimate of drug-likeness (QED) is 0.340. The molecule has 0 amide bonds. The molecule has 0 unspecified atom stereocenters. The normalized spacial score (nSPS) is 11.2. The minimum Gasteiger partial charge on any atom is -0.494 e. The Morgan fingerprint density at radius 1 is 1.03 bits per heavy atom. The number of hydrogen-bond donors (Lipinski definition) is 0. The summed E-state index contributed by atoms with van der Waals surface area (Å²) in [5, 5.41) is 13.8. The Morgan fingerprint density at radius 2 is 1.81 bits per heavy atom. The molecule has 0 fully saturated rings. The summed E-state index contributed by atoms with van der Waals surface area (Å²) in [6.07, 6.45) is 0.680. The third-order valence-electron chi connectivity index (χ3n) is 4.64. The van der Waals surface area contributed by atoms with Gasteiger partial charge in [-0.2, -0.15) is 4.98 Å². The van der Waals surface area contributed by atoms with E-state index < -0.39 is 0 Å². The molecule has 4 aromatic rings. The molecule has 2 aromatic carbocycles. The summed E-state index contributed by atoms with van der Waals surface area (Å²) in [7, 11) is 0. The zero-order chi connectivity index (χ0) is 21.6. The largest absolute Gasteiger partial charge is 0.494 e. The monoisotopic (exact) mass is 435 g/mol. The molecule has 7 nitrogen and oxygen atoms in total. The SMILES string of the molecule is CCOc1ccc(-n2c(Cc3ccccc3)nnc2SCc2nc(C(C)C)no2)cc1. The molecule has 4 rings (SSSR count). The number of rotatable bonds is 9. The van der Waals surface area contributed by atoms with Gasteiger partial charge in [0, 0.05) is 18.0 Å². The second-order valence-electron chi connectivity index (χ2n) is 7.31. The van der Waals surface area contributed by atoms with Gasteiger partial charge in [-0.05, 0) is 36.8 Å². The van der Waals surface area contributed by atoms with Crippen molar-refractivity contribution < 1.29 is 9.26 Å². The van der Waals surface area contributed by atoms with Crippen LogP contribution < -0.4 is 4.74 Å². The molecule has 0 N–H and O–H groups in total. The van der Waals surface area contributed by atoms with Crippen LogP contribution in [0.25, 0.3) is 5.69 Å². The van der Waals surface area contributed by atoms with Gasteiger partial charge in [-0.1, -0.05) is 61.1 Å². The molecule has 0 aliphatic carbocycles. The van der Waals surface area contributed by atoms with Crippen LogP contribution in [0.15, 0.2) is 64.3 Å². The Labute approximate surface area is 185 Å². The van der Waals surface area contributed by atoms with Crippen LogP contribution in [0.4, 0.5) is 0 Å². The Hall–Kier alpha value is -3.13. The average molecular weight is 436 g/mol. The lowest BCUT2D eigenvalue weighted by Crippen LogP contribution is -2.04. The van der Waals surface area contributed by atoms with Crippen LogP contribution in [-0.2, 0) is 12.2 Å². The zero-order valence-electron chi connectivity index (χ0n) is 17.9. The van der Waals surface area contributed by atoms with E-state index in [-0.39, 0.29) is 5.92 Å². The number of aromatic nitrogens is 5. The van der Waals surface area contributed by atoms with Crippen molar-refractivity contribution in [2.75, 3.05) is 6.61 Å². The van der Waals surface area contributed by atoms with Gasteiger partial charge in [0.15, 0.2) is 11.0 Å². The molecule has 160 valence electrons. The molecule has 0 bridgehead atoms. The molecule has 8 heteroatoms. The third kappa shape index (κ3) is 5.14. The third-order valence-corrected chi connectivity index (χ3v) is 5.55. The minimum atomic E-state index is 0.229. The lowest BCUT2D eigenvalue weighted by atomic mass is 10.1. The van der Waals surface area contributed by atoms with Crippen molar-refractivity contribution in [3.63, 3.8) is 0 Å². The van der Waals surface area contributed by atoms with E-state index in [4.69, 9.17) is 9.26 Å². The Morgan fingerprint density at radius 3 is 2.48 bits per heavy atom. The molecule has 0 atom stereocenters. The maximum Gasteiger partial charge on any atom is 0.237 e. The fraction of sp³-hybridized carbons (Fsp3) is 0.304. The van der Waals surface area contributed by atoms with Crippen molar-refractivity contribution >= 4 is 11.8 Å². The van der Waals surface area contributed by atoms with Crippen molar-refractivity contribution in [2.45, 2.75) is 44.0 Å². The van der Waals surface area contributed by atoms with Gasteiger partial charge in [-0.3, -0.25) is 4.57 Å². The molecule has 0 saturated carbocycles. The van der Waals surface area contributed by atoms with E-state index in [1.165, 1.54) is 17.3 Å². The van der Waals surface area contributed by atoms with Crippen LogP contribution in [-0.4, -0.2) is 31.5 Å². The van der Waals surface area contributed by atoms with Crippen molar-refractivity contribution in [3.05, 3.63) is 77.7 Å². The van der Waals surface area contributed by atoms with Gasteiger partial charge in [0.05, 0.1) is 12.4 Å². The molecular weight excluding hydrogens is 410 g/mol. The summed E-state index contributed by atoms with van der Waals surface area (Å²) < 4.78 is 13.0. The van der Waals surface area contributed by atoms with E-state index in [0.717, 1.165) is 22.4 Å². The van der Waals surface area contributed by atoms with Crippen molar-refractivity contribution in [1.82, 2.24) is 24.9 Å². The standard InChI is InChI=1S/C23H25N5O2S/c1-4-29-19-12-10-18(11-13-19)28-20(14-17-8-6-5-7-9-17)25-26-23(28)31-15-21-24-22(16(2)3)27-30-21/h5-13,16H,4,14-15H2,1-3H3. The molecule has 2 heterocycles. The highest BCUT2D eigenvalue weighted by Gasteiger charge is 2.17. The first-order valence-electron chi connectivity index (χ1n) is 10.3. The fourth-order valence-corrected chi connectivity index (χ4v) is 3.90. The van der Waals surface area contributed by atoms with E-state index in [1.807, 2.05) is 63.2 Å². The van der Waals surface area contributed by atoms with E-state index in [9.17, 15) is 0 Å². The summed E-state index contributed by atoms with van der Waals surface area (Å²) >= 11 is 1.53. The van der Waals surface area contributed by atoms with Crippen LogP contribution in [0.2, 0.25) is 0 Å². The summed E-state index contributed by atoms with van der Waals surface area (Å²) in [4.78, 5) is 4.46. The first-order valence-corrected chi connectivity index (χ1v) is 11.3. The van der Waals surface area contributed by atoms with E-state index in [0.29, 0.717) is 30.5 Å². The topological polar surface area (TPSA) is 78.9 Å². The van der Waals surface area contributed by atoms with Crippen LogP contribution in [0.1, 0.15) is 49.8 Å². The second kappa shape index (κ2) is 9.78. The van der Waals surface area contributed by atoms with Crippen molar-refractivity contribution in [2.24, 2.45) is 0 Å². The fourth-order valence-electron chi connectivity index (χ4n) is 3.09. The number of hydrogen-bond acceptors (Lipinski definition) is 7. The van der Waals surface area contributed by atoms with Gasteiger partial charge < -0.3 is 9.26 Å². The molecule has 0 aliphatic rings. The number of nitrogens with zero attached hydrogens (tertiary/aromatic N) is 5. The molecule has 0 saturated heterocycles. The van der Waals surface area contributed by atoms with Gasteiger partial charge >= 0.3 is 0 Å². The predicted octanol–water partition coefficient (Wildman–Crippen LogP) is 5.06. The summed E-state index contributed by atoms with van der Waals surface area (Å²) in [5.41, 5.74) is 2.16. The first kappa shape index (κ1) is 21.1. The maximum atomic E-state index is 5.59. The predicted molar refractivity (Wildman–Crippen MR) is 120 cm³/mol. The zero-order valence-corrected chi connectivity index (χ0v) is 18.7. The van der Waals surface area contributed by atoms with Gasteiger partial charge in [0.2, 0.25) is 5.89 Å². The van der Waals surface area contributed by atoms with E-state index in [2.05, 4.69) is 37.0 Å². The average Bonchev–Trinajstić information content (AvgIpc) is 3.41. The lowest BCUT2D eigenvalue weighted by Gasteiger charge is -2.11. The molecule has 31 heavy (non-hydrogen) atoms. The van der Waals surface area contributed by atoms with E-state index in [1.54, 1.807) is 0 Å². The number of ether oxygens (including phenoxy) is 1. The Balaban J connectivity index is 1.62. The highest BCUT2D eigenvalue weighted by Crippen LogP contribution is 2.27. The van der Waals surface area contributed by atoms with Crippen LogP contribution >= 0.6 is 11.8 Å². The van der Waals surface area contributed by atoms with Crippen LogP contribution in [0, 0.1) is 0 Å². The van der Waals surface area contributed by atoms with Gasteiger partial charge in [-0.15, -0.1) is 10.2 Å². The molecule has 2 aromatic heterocycles. The van der Waals surface area contributed by atoms with Gasteiger partial charge in [-0.25, -0.2) is 0 Å². The first-order chi connectivity index (χ1) is 15.1. The minimum absolute atomic E-state index is 0.229. The second-order valence-corrected chi connectivity index (χ2v) is 8.26. The number of thioether (sulfide) groups is 1. The lowest BCUT2D eigenvalue weighted by molar-refractivity contribution is 0.340. The highest BCUT2D eigenvalue weighted by atomic mass is 32.2. The summed E-state index contributed by atoms with van der Waals surface area (Å²) in [5.74, 6) is 3.76.